The van der Waals surface area contributed by atoms with Crippen LogP contribution in [-0.4, -0.2) is 59.5 Å². The van der Waals surface area contributed by atoms with E-state index in [2.05, 4.69) is 0 Å². The Balaban J connectivity index is 2.00. The number of furan rings is 1. The fourth-order valence-electron chi connectivity index (χ4n) is 2.50. The van der Waals surface area contributed by atoms with Crippen molar-refractivity contribution in [3.05, 3.63) is 23.7 Å². The van der Waals surface area contributed by atoms with E-state index in [1.54, 1.807) is 17.2 Å². The van der Waals surface area contributed by atoms with E-state index in [9.17, 15) is 9.59 Å². The summed E-state index contributed by atoms with van der Waals surface area (Å²) >= 11 is 0. The number of rotatable bonds is 4. The lowest BCUT2D eigenvalue weighted by molar-refractivity contribution is -0.138. The first-order valence-electron chi connectivity index (χ1n) is 6.91. The largest absolute Gasteiger partial charge is 0.480 e. The van der Waals surface area contributed by atoms with Gasteiger partial charge in [0, 0.05) is 32.6 Å². The molecule has 0 atom stereocenters. The van der Waals surface area contributed by atoms with Crippen LogP contribution in [0, 0.1) is 0 Å². The summed E-state index contributed by atoms with van der Waals surface area (Å²) in [6, 6.07) is 1.71. The Morgan fingerprint density at radius 3 is 2.80 bits per heavy atom. The predicted octanol–water partition coefficient (Wildman–Crippen LogP) is 1.07. The maximum absolute atomic E-state index is 12.5. The molecule has 1 N–H and O–H groups in total. The highest BCUT2D eigenvalue weighted by atomic mass is 16.4. The van der Waals surface area contributed by atoms with E-state index in [-0.39, 0.29) is 12.5 Å². The monoisotopic (exact) mass is 280 g/mol. The Morgan fingerprint density at radius 1 is 1.30 bits per heavy atom. The van der Waals surface area contributed by atoms with E-state index in [0.717, 1.165) is 6.42 Å². The minimum atomic E-state index is -0.826. The van der Waals surface area contributed by atoms with Crippen LogP contribution in [0.15, 0.2) is 16.7 Å². The summed E-state index contributed by atoms with van der Waals surface area (Å²) < 4.78 is 5.30. The van der Waals surface area contributed by atoms with Crippen molar-refractivity contribution < 1.29 is 19.1 Å². The van der Waals surface area contributed by atoms with Gasteiger partial charge in [-0.05, 0) is 12.5 Å². The van der Waals surface area contributed by atoms with Crippen LogP contribution >= 0.6 is 0 Å². The van der Waals surface area contributed by atoms with Crippen LogP contribution in [0.5, 0.6) is 0 Å². The SMILES string of the molecule is CCc1occc1C(=O)N1CCCN(CC(=O)O)CC1. The number of aliphatic carboxylic acids is 1. The van der Waals surface area contributed by atoms with Crippen LogP contribution in [0.3, 0.4) is 0 Å². The molecule has 1 fully saturated rings. The number of carbonyl (C=O) groups is 2. The predicted molar refractivity (Wildman–Crippen MR) is 72.7 cm³/mol. The Hall–Kier alpha value is -1.82. The summed E-state index contributed by atoms with van der Waals surface area (Å²) in [6.07, 6.45) is 3.02. The van der Waals surface area contributed by atoms with Gasteiger partial charge in [0.05, 0.1) is 18.4 Å². The van der Waals surface area contributed by atoms with Crippen LogP contribution in [0.25, 0.3) is 0 Å². The maximum atomic E-state index is 12.5. The van der Waals surface area contributed by atoms with E-state index in [0.29, 0.717) is 43.9 Å². The molecule has 1 aliphatic heterocycles. The minimum absolute atomic E-state index is 0.0206. The molecule has 0 aromatic carbocycles. The van der Waals surface area contributed by atoms with Crippen molar-refractivity contribution in [2.75, 3.05) is 32.7 Å². The van der Waals surface area contributed by atoms with Gasteiger partial charge in [-0.2, -0.15) is 0 Å². The molecule has 0 aliphatic carbocycles. The Kier molecular flexibility index (Phi) is 4.79. The molecule has 1 aromatic rings. The topological polar surface area (TPSA) is 74.0 Å². The molecule has 0 spiro atoms. The first-order valence-corrected chi connectivity index (χ1v) is 6.91. The first kappa shape index (κ1) is 14.6. The number of carbonyl (C=O) groups excluding carboxylic acids is 1. The number of amides is 1. The second-order valence-electron chi connectivity index (χ2n) is 4.93. The average Bonchev–Trinajstić information content (AvgIpc) is 2.77. The van der Waals surface area contributed by atoms with E-state index in [1.165, 1.54) is 0 Å². The molecule has 110 valence electrons. The molecule has 0 unspecified atom stereocenters. The van der Waals surface area contributed by atoms with Crippen molar-refractivity contribution in [2.24, 2.45) is 0 Å². The van der Waals surface area contributed by atoms with Crippen molar-refractivity contribution in [3.63, 3.8) is 0 Å². The molecule has 20 heavy (non-hydrogen) atoms. The van der Waals surface area contributed by atoms with E-state index >= 15 is 0 Å². The average molecular weight is 280 g/mol. The molecule has 1 amide bonds. The van der Waals surface area contributed by atoms with Crippen LogP contribution < -0.4 is 0 Å². The lowest BCUT2D eigenvalue weighted by atomic mass is 10.2. The number of carboxylic acid groups (broad SMARTS) is 1. The summed E-state index contributed by atoms with van der Waals surface area (Å²) in [4.78, 5) is 26.8. The lowest BCUT2D eigenvalue weighted by Gasteiger charge is -2.21. The second kappa shape index (κ2) is 6.56. The van der Waals surface area contributed by atoms with Crippen molar-refractivity contribution in [1.82, 2.24) is 9.80 Å². The lowest BCUT2D eigenvalue weighted by Crippen LogP contribution is -2.36. The Labute approximate surface area is 118 Å². The molecule has 2 rings (SSSR count). The summed E-state index contributed by atoms with van der Waals surface area (Å²) in [5, 5.41) is 8.82. The zero-order valence-electron chi connectivity index (χ0n) is 11.7. The van der Waals surface area contributed by atoms with E-state index in [1.807, 2.05) is 11.8 Å². The van der Waals surface area contributed by atoms with Gasteiger partial charge in [0.25, 0.3) is 5.91 Å². The fourth-order valence-corrected chi connectivity index (χ4v) is 2.50. The molecular weight excluding hydrogens is 260 g/mol. The number of carboxylic acids is 1. The summed E-state index contributed by atoms with van der Waals surface area (Å²) in [7, 11) is 0. The molecular formula is C14H20N2O4. The first-order chi connectivity index (χ1) is 9.61. The maximum Gasteiger partial charge on any atom is 0.317 e. The van der Waals surface area contributed by atoms with E-state index < -0.39 is 5.97 Å². The fraction of sp³-hybridized carbons (Fsp3) is 0.571. The number of hydrogen-bond donors (Lipinski definition) is 1. The van der Waals surface area contributed by atoms with Gasteiger partial charge in [-0.25, -0.2) is 0 Å². The van der Waals surface area contributed by atoms with Crippen molar-refractivity contribution in [2.45, 2.75) is 19.8 Å². The van der Waals surface area contributed by atoms with E-state index in [4.69, 9.17) is 9.52 Å². The van der Waals surface area contributed by atoms with Crippen LogP contribution in [0.2, 0.25) is 0 Å². The minimum Gasteiger partial charge on any atom is -0.480 e. The Morgan fingerprint density at radius 2 is 2.10 bits per heavy atom. The molecule has 6 heteroatoms. The van der Waals surface area contributed by atoms with Crippen LogP contribution in [-0.2, 0) is 11.2 Å². The third kappa shape index (κ3) is 3.39. The molecule has 6 nitrogen and oxygen atoms in total. The van der Waals surface area contributed by atoms with Gasteiger partial charge >= 0.3 is 5.97 Å². The molecule has 0 saturated carbocycles. The smallest absolute Gasteiger partial charge is 0.317 e. The van der Waals surface area contributed by atoms with Crippen molar-refractivity contribution in [1.29, 1.82) is 0 Å². The van der Waals surface area contributed by atoms with Gasteiger partial charge in [0.15, 0.2) is 0 Å². The molecule has 1 saturated heterocycles. The van der Waals surface area contributed by atoms with Gasteiger partial charge in [0.2, 0.25) is 0 Å². The van der Waals surface area contributed by atoms with Gasteiger partial charge in [-0.3, -0.25) is 14.5 Å². The van der Waals surface area contributed by atoms with Gasteiger partial charge in [0.1, 0.15) is 5.76 Å². The van der Waals surface area contributed by atoms with Crippen LogP contribution in [0.1, 0.15) is 29.5 Å². The standard InChI is InChI=1S/C14H20N2O4/c1-2-12-11(4-9-20-12)14(19)16-6-3-5-15(7-8-16)10-13(17)18/h4,9H,2-3,5-8,10H2,1H3,(H,17,18). The summed E-state index contributed by atoms with van der Waals surface area (Å²) in [6.45, 7) is 4.50. The summed E-state index contributed by atoms with van der Waals surface area (Å²) in [5.74, 6) is -0.137. The third-order valence-corrected chi connectivity index (χ3v) is 3.53. The second-order valence-corrected chi connectivity index (χ2v) is 4.93. The normalized spacial score (nSPS) is 16.9. The highest BCUT2D eigenvalue weighted by molar-refractivity contribution is 5.95. The molecule has 1 aliphatic rings. The van der Waals surface area contributed by atoms with Gasteiger partial charge in [-0.1, -0.05) is 6.92 Å². The molecule has 2 heterocycles. The number of aryl methyl sites for hydroxylation is 1. The van der Waals surface area contributed by atoms with Crippen molar-refractivity contribution in [3.8, 4) is 0 Å². The molecule has 0 bridgehead atoms. The highest BCUT2D eigenvalue weighted by Gasteiger charge is 2.23. The van der Waals surface area contributed by atoms with Gasteiger partial charge in [-0.15, -0.1) is 0 Å². The zero-order chi connectivity index (χ0) is 14.5. The third-order valence-electron chi connectivity index (χ3n) is 3.53. The zero-order valence-corrected chi connectivity index (χ0v) is 11.7. The quantitative estimate of drug-likeness (QED) is 0.893. The van der Waals surface area contributed by atoms with Gasteiger partial charge < -0.3 is 14.4 Å². The molecule has 1 aromatic heterocycles. The number of hydrogen-bond acceptors (Lipinski definition) is 4. The molecule has 0 radical (unpaired) electrons. The summed E-state index contributed by atoms with van der Waals surface area (Å²) in [5.41, 5.74) is 0.624. The number of nitrogens with zero attached hydrogens (tertiary/aromatic N) is 2. The van der Waals surface area contributed by atoms with Crippen molar-refractivity contribution >= 4 is 11.9 Å². The Bertz CT molecular complexity index is 483. The van der Waals surface area contributed by atoms with Crippen LogP contribution in [0.4, 0.5) is 0 Å². The highest BCUT2D eigenvalue weighted by Crippen LogP contribution is 2.15.